The number of nitrogens with one attached hydrogen (secondary N) is 1. The van der Waals surface area contributed by atoms with E-state index in [1.165, 1.54) is 0 Å². The molecule has 17 heavy (non-hydrogen) atoms. The molecule has 94 valence electrons. The van der Waals surface area contributed by atoms with Crippen molar-refractivity contribution in [2.45, 2.75) is 19.4 Å². The van der Waals surface area contributed by atoms with Crippen molar-refractivity contribution in [1.82, 2.24) is 9.97 Å². The first-order valence-electron chi connectivity index (χ1n) is 5.74. The summed E-state index contributed by atoms with van der Waals surface area (Å²) in [6, 6.07) is 0. The Bertz CT molecular complexity index is 399. The van der Waals surface area contributed by atoms with Gasteiger partial charge in [-0.2, -0.15) is 0 Å². The quantitative estimate of drug-likeness (QED) is 0.885. The first-order chi connectivity index (χ1) is 8.13. The molecule has 5 nitrogen and oxygen atoms in total. The first-order valence-corrected chi connectivity index (χ1v) is 6.54. The molecule has 0 aliphatic carbocycles. The second kappa shape index (κ2) is 5.18. The molecule has 1 aliphatic heterocycles. The number of nitrogens with zero attached hydrogens (tertiary/aromatic N) is 3. The van der Waals surface area contributed by atoms with Crippen molar-refractivity contribution in [3.63, 3.8) is 0 Å². The van der Waals surface area contributed by atoms with Crippen LogP contribution >= 0.6 is 15.9 Å². The molecule has 1 saturated heterocycles. The number of rotatable bonds is 3. The number of aliphatic hydroxyl groups is 1. The molecule has 1 aromatic heterocycles. The van der Waals surface area contributed by atoms with Gasteiger partial charge < -0.3 is 15.3 Å². The van der Waals surface area contributed by atoms with E-state index >= 15 is 0 Å². The summed E-state index contributed by atoms with van der Waals surface area (Å²) < 4.78 is 0.883. The van der Waals surface area contributed by atoms with Crippen LogP contribution in [0.3, 0.4) is 0 Å². The molecular weight excluding hydrogens is 284 g/mol. The summed E-state index contributed by atoms with van der Waals surface area (Å²) in [6.45, 7) is 3.62. The van der Waals surface area contributed by atoms with Gasteiger partial charge in [0, 0.05) is 26.1 Å². The molecule has 0 aromatic carbocycles. The average Bonchev–Trinajstić information content (AvgIpc) is 2.78. The molecule has 0 bridgehead atoms. The maximum atomic E-state index is 9.60. The van der Waals surface area contributed by atoms with Crippen molar-refractivity contribution in [1.29, 1.82) is 0 Å². The monoisotopic (exact) mass is 300 g/mol. The highest BCUT2D eigenvalue weighted by Crippen LogP contribution is 2.32. The van der Waals surface area contributed by atoms with Gasteiger partial charge in [-0.25, -0.2) is 9.97 Å². The molecule has 2 atom stereocenters. The lowest BCUT2D eigenvalue weighted by Gasteiger charge is -2.20. The lowest BCUT2D eigenvalue weighted by Crippen LogP contribution is -2.25. The lowest BCUT2D eigenvalue weighted by atomic mass is 10.0. The predicted octanol–water partition coefficient (Wildman–Crippen LogP) is 1.49. The van der Waals surface area contributed by atoms with Gasteiger partial charge in [-0.1, -0.05) is 0 Å². The molecule has 0 saturated carbocycles. The minimum absolute atomic E-state index is 0.260. The Kier molecular flexibility index (Phi) is 3.83. The van der Waals surface area contributed by atoms with Crippen molar-refractivity contribution in [3.05, 3.63) is 10.8 Å². The third-order valence-corrected chi connectivity index (χ3v) is 3.94. The van der Waals surface area contributed by atoms with E-state index in [2.05, 4.69) is 36.1 Å². The molecule has 2 N–H and O–H groups in total. The van der Waals surface area contributed by atoms with Crippen LogP contribution in [0.1, 0.15) is 13.3 Å². The zero-order valence-corrected chi connectivity index (χ0v) is 11.6. The zero-order chi connectivity index (χ0) is 12.4. The topological polar surface area (TPSA) is 61.3 Å². The van der Waals surface area contributed by atoms with Gasteiger partial charge in [-0.3, -0.25) is 0 Å². The van der Waals surface area contributed by atoms with Crippen LogP contribution < -0.4 is 10.2 Å². The maximum Gasteiger partial charge on any atom is 0.148 e. The van der Waals surface area contributed by atoms with E-state index in [0.29, 0.717) is 5.92 Å². The van der Waals surface area contributed by atoms with Gasteiger partial charge in [0.2, 0.25) is 0 Å². The van der Waals surface area contributed by atoms with Gasteiger partial charge in [0.25, 0.3) is 0 Å². The van der Waals surface area contributed by atoms with Gasteiger partial charge >= 0.3 is 0 Å². The second-order valence-electron chi connectivity index (χ2n) is 4.35. The molecule has 1 aliphatic rings. The van der Waals surface area contributed by atoms with E-state index in [9.17, 15) is 5.11 Å². The number of aliphatic hydroxyl groups excluding tert-OH is 1. The van der Waals surface area contributed by atoms with Crippen LogP contribution in [0.5, 0.6) is 0 Å². The standard InChI is InChI=1S/C11H17BrN4O/c1-7(17)8-3-4-16(5-8)11-9(12)10(13-2)14-6-15-11/h6-8,17H,3-5H2,1-2H3,(H,13,14,15). The molecule has 0 amide bonds. The van der Waals surface area contributed by atoms with Crippen LogP contribution in [0.4, 0.5) is 11.6 Å². The van der Waals surface area contributed by atoms with Crippen LogP contribution in [0.2, 0.25) is 0 Å². The van der Waals surface area contributed by atoms with Crippen LogP contribution in [0.25, 0.3) is 0 Å². The Labute approximate surface area is 109 Å². The predicted molar refractivity (Wildman–Crippen MR) is 71.3 cm³/mol. The number of aromatic nitrogens is 2. The Morgan fingerprint density at radius 2 is 2.35 bits per heavy atom. The fourth-order valence-corrected chi connectivity index (χ4v) is 2.78. The van der Waals surface area contributed by atoms with Crippen molar-refractivity contribution in [2.75, 3.05) is 30.4 Å². The number of hydrogen-bond acceptors (Lipinski definition) is 5. The zero-order valence-electron chi connectivity index (χ0n) is 10.0. The van der Waals surface area contributed by atoms with E-state index in [0.717, 1.165) is 35.6 Å². The summed E-state index contributed by atoms with van der Waals surface area (Å²) in [5, 5.41) is 12.6. The van der Waals surface area contributed by atoms with Gasteiger partial charge in [0.15, 0.2) is 0 Å². The van der Waals surface area contributed by atoms with Crippen molar-refractivity contribution < 1.29 is 5.11 Å². The van der Waals surface area contributed by atoms with E-state index in [-0.39, 0.29) is 6.10 Å². The maximum absolute atomic E-state index is 9.60. The van der Waals surface area contributed by atoms with E-state index in [1.54, 1.807) is 6.33 Å². The van der Waals surface area contributed by atoms with Gasteiger partial charge in [0.05, 0.1) is 6.10 Å². The molecule has 1 aromatic rings. The van der Waals surface area contributed by atoms with Gasteiger partial charge in [0.1, 0.15) is 22.4 Å². The third-order valence-electron chi connectivity index (χ3n) is 3.21. The molecule has 2 unspecified atom stereocenters. The highest BCUT2D eigenvalue weighted by Gasteiger charge is 2.28. The Balaban J connectivity index is 2.19. The number of anilines is 2. The van der Waals surface area contributed by atoms with Crippen molar-refractivity contribution >= 4 is 27.6 Å². The van der Waals surface area contributed by atoms with Crippen LogP contribution in [0, 0.1) is 5.92 Å². The highest BCUT2D eigenvalue weighted by atomic mass is 79.9. The van der Waals surface area contributed by atoms with Crippen LogP contribution in [-0.4, -0.2) is 41.3 Å². The molecule has 2 heterocycles. The molecule has 1 fully saturated rings. The number of halogens is 1. The fourth-order valence-electron chi connectivity index (χ4n) is 2.13. The minimum atomic E-state index is -0.260. The van der Waals surface area contributed by atoms with Gasteiger partial charge in [-0.15, -0.1) is 0 Å². The highest BCUT2D eigenvalue weighted by molar-refractivity contribution is 9.10. The summed E-state index contributed by atoms with van der Waals surface area (Å²) in [5.74, 6) is 2.01. The third kappa shape index (κ3) is 2.52. The fraction of sp³-hybridized carbons (Fsp3) is 0.636. The van der Waals surface area contributed by atoms with E-state index < -0.39 is 0 Å². The van der Waals surface area contributed by atoms with E-state index in [4.69, 9.17) is 0 Å². The van der Waals surface area contributed by atoms with Gasteiger partial charge in [-0.05, 0) is 29.3 Å². The molecule has 6 heteroatoms. The van der Waals surface area contributed by atoms with Crippen LogP contribution in [-0.2, 0) is 0 Å². The molecule has 2 rings (SSSR count). The Morgan fingerprint density at radius 1 is 1.59 bits per heavy atom. The Morgan fingerprint density at radius 3 is 2.94 bits per heavy atom. The summed E-state index contributed by atoms with van der Waals surface area (Å²) in [4.78, 5) is 10.6. The Hall–Kier alpha value is -0.880. The minimum Gasteiger partial charge on any atom is -0.393 e. The smallest absolute Gasteiger partial charge is 0.148 e. The summed E-state index contributed by atoms with van der Waals surface area (Å²) in [5.41, 5.74) is 0. The largest absolute Gasteiger partial charge is 0.393 e. The lowest BCUT2D eigenvalue weighted by molar-refractivity contribution is 0.136. The SMILES string of the molecule is CNc1ncnc(N2CCC(C(C)O)C2)c1Br. The van der Waals surface area contributed by atoms with E-state index in [1.807, 2.05) is 14.0 Å². The molecular formula is C11H17BrN4O. The van der Waals surface area contributed by atoms with Crippen molar-refractivity contribution in [3.8, 4) is 0 Å². The van der Waals surface area contributed by atoms with Crippen LogP contribution in [0.15, 0.2) is 10.8 Å². The summed E-state index contributed by atoms with van der Waals surface area (Å²) in [7, 11) is 1.83. The normalized spacial score (nSPS) is 21.6. The summed E-state index contributed by atoms with van der Waals surface area (Å²) >= 11 is 3.52. The first kappa shape index (κ1) is 12.6. The summed E-state index contributed by atoms with van der Waals surface area (Å²) in [6.07, 6.45) is 2.30. The average molecular weight is 301 g/mol. The molecule has 0 spiro atoms. The van der Waals surface area contributed by atoms with Crippen molar-refractivity contribution in [2.24, 2.45) is 5.92 Å². The second-order valence-corrected chi connectivity index (χ2v) is 5.14. The molecule has 0 radical (unpaired) electrons. The number of hydrogen-bond donors (Lipinski definition) is 2.